The minimum absolute atomic E-state index is 0.0595. The Morgan fingerprint density at radius 2 is 1.88 bits per heavy atom. The van der Waals surface area contributed by atoms with E-state index in [0.29, 0.717) is 34.1 Å². The van der Waals surface area contributed by atoms with Crippen LogP contribution in [0, 0.1) is 5.92 Å². The predicted molar refractivity (Wildman–Crippen MR) is 99.6 cm³/mol. The zero-order valence-corrected chi connectivity index (χ0v) is 14.6. The Morgan fingerprint density at radius 3 is 2.56 bits per heavy atom. The fourth-order valence-electron chi connectivity index (χ4n) is 3.04. The Labute approximate surface area is 151 Å². The van der Waals surface area contributed by atoms with Crippen LogP contribution in [0.4, 0.5) is 17.2 Å². The molecule has 0 bridgehead atoms. The van der Waals surface area contributed by atoms with Crippen LogP contribution in [0.15, 0.2) is 36.5 Å². The van der Waals surface area contributed by atoms with E-state index >= 15 is 0 Å². The number of aldehydes is 1. The monoisotopic (exact) mass is 357 g/mol. The van der Waals surface area contributed by atoms with Gasteiger partial charge in [0.25, 0.3) is 0 Å². The summed E-state index contributed by atoms with van der Waals surface area (Å²) >= 11 is 6.17. The number of pyridine rings is 1. The molecule has 2 N–H and O–H groups in total. The average Bonchev–Trinajstić information content (AvgIpc) is 2.65. The Kier molecular flexibility index (Phi) is 5.66. The smallest absolute Gasteiger partial charge is 0.227 e. The van der Waals surface area contributed by atoms with Gasteiger partial charge in [-0.3, -0.25) is 9.59 Å². The van der Waals surface area contributed by atoms with Gasteiger partial charge in [0.05, 0.1) is 16.4 Å². The number of anilines is 3. The number of para-hydroxylation sites is 2. The number of aromatic nitrogens is 1. The van der Waals surface area contributed by atoms with E-state index in [4.69, 9.17) is 11.6 Å². The molecule has 0 saturated heterocycles. The van der Waals surface area contributed by atoms with Crippen molar-refractivity contribution in [3.63, 3.8) is 0 Å². The van der Waals surface area contributed by atoms with Crippen LogP contribution in [0.25, 0.3) is 0 Å². The molecule has 2 aromatic rings. The highest BCUT2D eigenvalue weighted by atomic mass is 35.5. The number of hydrogen-bond donors (Lipinski definition) is 2. The second-order valence-electron chi connectivity index (χ2n) is 6.21. The van der Waals surface area contributed by atoms with Gasteiger partial charge in [-0.1, -0.05) is 43.0 Å². The molecule has 1 heterocycles. The molecule has 1 amide bonds. The summed E-state index contributed by atoms with van der Waals surface area (Å²) in [7, 11) is 0. The summed E-state index contributed by atoms with van der Waals surface area (Å²) in [6, 6.07) is 8.98. The minimum atomic E-state index is 0.0595. The molecule has 0 radical (unpaired) electrons. The van der Waals surface area contributed by atoms with Crippen molar-refractivity contribution >= 4 is 41.0 Å². The Bertz CT molecular complexity index is 773. The number of benzene rings is 1. The lowest BCUT2D eigenvalue weighted by atomic mass is 9.88. The molecular formula is C19H20ClN3O2. The number of hydrogen-bond acceptors (Lipinski definition) is 4. The summed E-state index contributed by atoms with van der Waals surface area (Å²) in [5, 5.41) is 6.49. The first-order valence-electron chi connectivity index (χ1n) is 8.45. The third-order valence-electron chi connectivity index (χ3n) is 4.41. The van der Waals surface area contributed by atoms with E-state index in [1.807, 2.05) is 24.3 Å². The van der Waals surface area contributed by atoms with Crippen LogP contribution in [0.5, 0.6) is 0 Å². The first kappa shape index (κ1) is 17.4. The summed E-state index contributed by atoms with van der Waals surface area (Å²) in [5.41, 5.74) is 1.81. The Balaban J connectivity index is 1.76. The van der Waals surface area contributed by atoms with Crippen LogP contribution in [-0.2, 0) is 4.79 Å². The first-order valence-corrected chi connectivity index (χ1v) is 8.83. The second-order valence-corrected chi connectivity index (χ2v) is 6.62. The maximum Gasteiger partial charge on any atom is 0.227 e. The number of nitrogens with zero attached hydrogens (tertiary/aromatic N) is 1. The second kappa shape index (κ2) is 8.12. The minimum Gasteiger partial charge on any atom is -0.337 e. The van der Waals surface area contributed by atoms with Crippen molar-refractivity contribution in [1.82, 2.24) is 4.98 Å². The molecule has 1 aromatic carbocycles. The van der Waals surface area contributed by atoms with Gasteiger partial charge >= 0.3 is 0 Å². The van der Waals surface area contributed by atoms with Crippen molar-refractivity contribution in [3.05, 3.63) is 47.1 Å². The van der Waals surface area contributed by atoms with Gasteiger partial charge < -0.3 is 10.6 Å². The van der Waals surface area contributed by atoms with Crippen LogP contribution < -0.4 is 10.6 Å². The highest BCUT2D eigenvalue weighted by Gasteiger charge is 2.21. The first-order chi connectivity index (χ1) is 12.2. The quantitative estimate of drug-likeness (QED) is 0.753. The largest absolute Gasteiger partial charge is 0.337 e. The maximum atomic E-state index is 12.5. The molecule has 130 valence electrons. The number of carbonyl (C=O) groups excluding carboxylic acids is 2. The van der Waals surface area contributed by atoms with Crippen molar-refractivity contribution in [2.75, 3.05) is 10.6 Å². The van der Waals surface area contributed by atoms with Gasteiger partial charge in [0.15, 0.2) is 6.29 Å². The summed E-state index contributed by atoms with van der Waals surface area (Å²) in [6.45, 7) is 0. The zero-order chi connectivity index (χ0) is 17.6. The predicted octanol–water partition coefficient (Wildman–Crippen LogP) is 4.81. The summed E-state index contributed by atoms with van der Waals surface area (Å²) < 4.78 is 0. The van der Waals surface area contributed by atoms with E-state index in [1.165, 1.54) is 12.6 Å². The summed E-state index contributed by atoms with van der Waals surface area (Å²) in [5.74, 6) is 0.575. The summed E-state index contributed by atoms with van der Waals surface area (Å²) in [6.07, 6.45) is 7.47. The maximum absolute atomic E-state index is 12.5. The number of nitrogens with one attached hydrogen (secondary N) is 2. The van der Waals surface area contributed by atoms with Gasteiger partial charge in [-0.15, -0.1) is 0 Å². The lowest BCUT2D eigenvalue weighted by Crippen LogP contribution is -2.25. The molecular weight excluding hydrogens is 338 g/mol. The van der Waals surface area contributed by atoms with E-state index < -0.39 is 0 Å². The van der Waals surface area contributed by atoms with Crippen molar-refractivity contribution in [1.29, 1.82) is 0 Å². The Hall–Kier alpha value is -2.40. The molecule has 0 aliphatic heterocycles. The van der Waals surface area contributed by atoms with Gasteiger partial charge in [-0.25, -0.2) is 4.98 Å². The molecule has 6 heteroatoms. The van der Waals surface area contributed by atoms with E-state index in [9.17, 15) is 9.59 Å². The third-order valence-corrected chi connectivity index (χ3v) is 4.70. The van der Waals surface area contributed by atoms with Crippen molar-refractivity contribution in [2.45, 2.75) is 32.1 Å². The molecule has 3 rings (SSSR count). The molecule has 1 fully saturated rings. The van der Waals surface area contributed by atoms with Gasteiger partial charge in [-0.2, -0.15) is 0 Å². The molecule has 5 nitrogen and oxygen atoms in total. The number of amides is 1. The van der Waals surface area contributed by atoms with Crippen molar-refractivity contribution in [2.24, 2.45) is 5.92 Å². The van der Waals surface area contributed by atoms with Crippen LogP contribution in [0.2, 0.25) is 5.02 Å². The summed E-state index contributed by atoms with van der Waals surface area (Å²) in [4.78, 5) is 27.5. The number of carbonyl (C=O) groups is 2. The van der Waals surface area contributed by atoms with Crippen molar-refractivity contribution < 1.29 is 9.59 Å². The van der Waals surface area contributed by atoms with E-state index in [1.54, 1.807) is 6.07 Å². The molecule has 0 atom stereocenters. The van der Waals surface area contributed by atoms with Crippen molar-refractivity contribution in [3.8, 4) is 0 Å². The third kappa shape index (κ3) is 4.37. The van der Waals surface area contributed by atoms with Crippen LogP contribution in [0.3, 0.4) is 0 Å². The Morgan fingerprint density at radius 1 is 1.16 bits per heavy atom. The van der Waals surface area contributed by atoms with Gasteiger partial charge in [-0.05, 0) is 31.0 Å². The molecule has 25 heavy (non-hydrogen) atoms. The fraction of sp³-hybridized carbons (Fsp3) is 0.316. The molecule has 0 unspecified atom stereocenters. The van der Waals surface area contributed by atoms with Gasteiger partial charge in [0.2, 0.25) is 5.91 Å². The zero-order valence-electron chi connectivity index (χ0n) is 13.8. The highest BCUT2D eigenvalue weighted by molar-refractivity contribution is 6.33. The molecule has 1 saturated carbocycles. The van der Waals surface area contributed by atoms with Gasteiger partial charge in [0, 0.05) is 17.7 Å². The fourth-order valence-corrected chi connectivity index (χ4v) is 3.26. The van der Waals surface area contributed by atoms with E-state index in [-0.39, 0.29) is 11.8 Å². The van der Waals surface area contributed by atoms with E-state index in [0.717, 1.165) is 25.7 Å². The van der Waals surface area contributed by atoms with Gasteiger partial charge in [0.1, 0.15) is 5.82 Å². The molecule has 1 aliphatic carbocycles. The number of halogens is 1. The van der Waals surface area contributed by atoms with E-state index in [2.05, 4.69) is 15.6 Å². The lowest BCUT2D eigenvalue weighted by molar-refractivity contribution is -0.120. The topological polar surface area (TPSA) is 71.1 Å². The van der Waals surface area contributed by atoms with Crippen LogP contribution in [-0.4, -0.2) is 17.2 Å². The molecule has 0 spiro atoms. The highest BCUT2D eigenvalue weighted by Crippen LogP contribution is 2.30. The molecule has 1 aliphatic rings. The molecule has 1 aromatic heterocycles. The average molecular weight is 358 g/mol. The lowest BCUT2D eigenvalue weighted by Gasteiger charge is -2.21. The normalized spacial score (nSPS) is 14.8. The van der Waals surface area contributed by atoms with Crippen LogP contribution in [0.1, 0.15) is 42.5 Å². The van der Waals surface area contributed by atoms with Crippen LogP contribution >= 0.6 is 11.6 Å². The SMILES string of the molecule is O=Cc1cnc(Nc2ccccc2NC(=O)C2CCCCC2)c(Cl)c1. The standard InChI is InChI=1S/C19H20ClN3O2/c20-15-10-13(12-24)11-21-18(15)22-16-8-4-5-9-17(16)23-19(25)14-6-2-1-3-7-14/h4-5,8-12,14H,1-3,6-7H2,(H,21,22)(H,23,25). The number of rotatable bonds is 5.